The molecule has 0 aliphatic rings. The minimum absolute atomic E-state index is 0.262. The zero-order valence-corrected chi connectivity index (χ0v) is 8.61. The van der Waals surface area contributed by atoms with E-state index in [2.05, 4.69) is 10.1 Å². The van der Waals surface area contributed by atoms with Gasteiger partial charge in [0.05, 0.1) is 13.7 Å². The lowest BCUT2D eigenvalue weighted by molar-refractivity contribution is -0.142. The third-order valence-corrected chi connectivity index (χ3v) is 1.91. The summed E-state index contributed by atoms with van der Waals surface area (Å²) in [4.78, 5) is 11.0. The third-order valence-electron chi connectivity index (χ3n) is 1.91. The van der Waals surface area contributed by atoms with Crippen LogP contribution < -0.4 is 5.32 Å². The maximum atomic E-state index is 11.0. The molecule has 0 saturated carbocycles. The molecule has 0 amide bonds. The molecular formula is C10H12N2O3. The van der Waals surface area contributed by atoms with Crippen LogP contribution >= 0.6 is 0 Å². The summed E-state index contributed by atoms with van der Waals surface area (Å²) in [5.74, 6) is 0.543. The van der Waals surface area contributed by atoms with Crippen LogP contribution in [0.15, 0.2) is 16.5 Å². The molecule has 15 heavy (non-hydrogen) atoms. The van der Waals surface area contributed by atoms with Crippen molar-refractivity contribution in [3.05, 3.63) is 23.7 Å². The SMILES string of the molecule is COC(=O)[C@H](C)NCc1ccc(C#N)o1. The molecule has 0 bridgehead atoms. The molecule has 1 aromatic heterocycles. The first-order valence-electron chi connectivity index (χ1n) is 4.47. The van der Waals surface area contributed by atoms with Crippen molar-refractivity contribution in [3.8, 4) is 6.07 Å². The maximum absolute atomic E-state index is 11.0. The second-order valence-electron chi connectivity index (χ2n) is 3.00. The van der Waals surface area contributed by atoms with Gasteiger partial charge in [-0.15, -0.1) is 0 Å². The molecule has 5 nitrogen and oxygen atoms in total. The van der Waals surface area contributed by atoms with Crippen molar-refractivity contribution in [2.75, 3.05) is 7.11 Å². The highest BCUT2D eigenvalue weighted by Crippen LogP contribution is 2.06. The van der Waals surface area contributed by atoms with Gasteiger partial charge in [0, 0.05) is 0 Å². The Hall–Kier alpha value is -1.80. The van der Waals surface area contributed by atoms with Crippen LogP contribution in [0.5, 0.6) is 0 Å². The van der Waals surface area contributed by atoms with Gasteiger partial charge >= 0.3 is 5.97 Å². The lowest BCUT2D eigenvalue weighted by Crippen LogP contribution is -2.34. The first-order valence-corrected chi connectivity index (χ1v) is 4.47. The van der Waals surface area contributed by atoms with E-state index in [1.165, 1.54) is 7.11 Å². The van der Waals surface area contributed by atoms with Crippen LogP contribution in [0.1, 0.15) is 18.4 Å². The molecule has 1 heterocycles. The van der Waals surface area contributed by atoms with Gasteiger partial charge in [-0.3, -0.25) is 10.1 Å². The van der Waals surface area contributed by atoms with Crippen molar-refractivity contribution in [1.29, 1.82) is 5.26 Å². The summed E-state index contributed by atoms with van der Waals surface area (Å²) in [6.45, 7) is 2.08. The van der Waals surface area contributed by atoms with Crippen molar-refractivity contribution < 1.29 is 13.9 Å². The minimum Gasteiger partial charge on any atom is -0.468 e. The molecule has 0 unspecified atom stereocenters. The molecular weight excluding hydrogens is 196 g/mol. The highest BCUT2D eigenvalue weighted by atomic mass is 16.5. The Kier molecular flexibility index (Phi) is 3.89. The van der Waals surface area contributed by atoms with Crippen LogP contribution in [0, 0.1) is 11.3 Å². The first-order chi connectivity index (χ1) is 7.17. The van der Waals surface area contributed by atoms with Gasteiger partial charge in [0.2, 0.25) is 5.76 Å². The average Bonchev–Trinajstić information content (AvgIpc) is 2.72. The quantitative estimate of drug-likeness (QED) is 0.741. The number of esters is 1. The number of carbonyl (C=O) groups is 1. The van der Waals surface area contributed by atoms with Crippen LogP contribution in [0.2, 0.25) is 0 Å². The Morgan fingerprint density at radius 2 is 2.47 bits per heavy atom. The van der Waals surface area contributed by atoms with Crippen molar-refractivity contribution >= 4 is 5.97 Å². The molecule has 0 fully saturated rings. The van der Waals surface area contributed by atoms with Gasteiger partial charge in [-0.05, 0) is 19.1 Å². The standard InChI is InChI=1S/C10H12N2O3/c1-7(10(13)14-2)12-6-9-4-3-8(5-11)15-9/h3-4,7,12H,6H2,1-2H3/t7-/m0/s1. The molecule has 1 aromatic rings. The summed E-state index contributed by atoms with van der Waals surface area (Å²) < 4.78 is 9.66. The highest BCUT2D eigenvalue weighted by molar-refractivity contribution is 5.74. The molecule has 1 rings (SSSR count). The second kappa shape index (κ2) is 5.17. The molecule has 0 aliphatic heterocycles. The van der Waals surface area contributed by atoms with Crippen LogP contribution in [-0.2, 0) is 16.1 Å². The number of rotatable bonds is 4. The number of nitrogens with zero attached hydrogens (tertiary/aromatic N) is 1. The molecule has 0 saturated heterocycles. The fourth-order valence-corrected chi connectivity index (χ4v) is 1.05. The van der Waals surface area contributed by atoms with Crippen molar-refractivity contribution in [1.82, 2.24) is 5.32 Å². The number of furan rings is 1. The normalized spacial score (nSPS) is 11.8. The molecule has 1 atom stereocenters. The maximum Gasteiger partial charge on any atom is 0.322 e. The van der Waals surface area contributed by atoms with Gasteiger partial charge in [-0.2, -0.15) is 5.26 Å². The molecule has 1 N–H and O–H groups in total. The Bertz CT molecular complexity index is 378. The van der Waals surface area contributed by atoms with Gasteiger partial charge < -0.3 is 9.15 Å². The summed E-state index contributed by atoms with van der Waals surface area (Å²) >= 11 is 0. The third kappa shape index (κ3) is 3.11. The molecule has 0 radical (unpaired) electrons. The second-order valence-corrected chi connectivity index (χ2v) is 3.00. The number of carbonyl (C=O) groups excluding carboxylic acids is 1. The topological polar surface area (TPSA) is 75.3 Å². The van der Waals surface area contributed by atoms with Crippen molar-refractivity contribution in [2.24, 2.45) is 0 Å². The highest BCUT2D eigenvalue weighted by Gasteiger charge is 2.12. The zero-order valence-electron chi connectivity index (χ0n) is 8.61. The van der Waals surface area contributed by atoms with E-state index in [-0.39, 0.29) is 11.7 Å². The van der Waals surface area contributed by atoms with E-state index in [0.29, 0.717) is 12.3 Å². The fourth-order valence-electron chi connectivity index (χ4n) is 1.05. The van der Waals surface area contributed by atoms with Gasteiger partial charge in [-0.25, -0.2) is 0 Å². The Labute approximate surface area is 87.6 Å². The monoisotopic (exact) mass is 208 g/mol. The molecule has 80 valence electrons. The fraction of sp³-hybridized carbons (Fsp3) is 0.400. The summed E-state index contributed by atoms with van der Waals surface area (Å²) in [5, 5.41) is 11.4. The number of hydrogen-bond donors (Lipinski definition) is 1. The van der Waals surface area contributed by atoms with Crippen LogP contribution in [0.3, 0.4) is 0 Å². The lowest BCUT2D eigenvalue weighted by Gasteiger charge is -2.09. The predicted octanol–water partition coefficient (Wildman–Crippen LogP) is 0.802. The van der Waals surface area contributed by atoms with Crippen molar-refractivity contribution in [2.45, 2.75) is 19.5 Å². The molecule has 0 aromatic carbocycles. The van der Waals surface area contributed by atoms with Gasteiger partial charge in [0.25, 0.3) is 0 Å². The first kappa shape index (κ1) is 11.3. The zero-order chi connectivity index (χ0) is 11.3. The smallest absolute Gasteiger partial charge is 0.322 e. The number of nitriles is 1. The number of nitrogens with one attached hydrogen (secondary N) is 1. The summed E-state index contributed by atoms with van der Waals surface area (Å²) in [5.41, 5.74) is 0. The van der Waals surface area contributed by atoms with Gasteiger partial charge in [0.15, 0.2) is 0 Å². The van der Waals surface area contributed by atoms with Crippen molar-refractivity contribution in [3.63, 3.8) is 0 Å². The molecule has 0 aliphatic carbocycles. The molecule has 5 heteroatoms. The number of methoxy groups -OCH3 is 1. The largest absolute Gasteiger partial charge is 0.468 e. The van der Waals surface area contributed by atoms with E-state index in [4.69, 9.17) is 9.68 Å². The van der Waals surface area contributed by atoms with Gasteiger partial charge in [-0.1, -0.05) is 0 Å². The van der Waals surface area contributed by atoms with Crippen LogP contribution in [0.25, 0.3) is 0 Å². The Morgan fingerprint density at radius 3 is 3.00 bits per heavy atom. The molecule has 0 spiro atoms. The Morgan fingerprint density at radius 1 is 1.73 bits per heavy atom. The van der Waals surface area contributed by atoms with Crippen LogP contribution in [0.4, 0.5) is 0 Å². The average molecular weight is 208 g/mol. The van der Waals surface area contributed by atoms with E-state index in [9.17, 15) is 4.79 Å². The van der Waals surface area contributed by atoms with E-state index < -0.39 is 6.04 Å². The van der Waals surface area contributed by atoms with E-state index in [1.807, 2.05) is 6.07 Å². The Balaban J connectivity index is 2.44. The number of hydrogen-bond acceptors (Lipinski definition) is 5. The minimum atomic E-state index is -0.398. The van der Waals surface area contributed by atoms with E-state index in [1.54, 1.807) is 19.1 Å². The van der Waals surface area contributed by atoms with E-state index in [0.717, 1.165) is 0 Å². The summed E-state index contributed by atoms with van der Waals surface area (Å²) in [6.07, 6.45) is 0. The lowest BCUT2D eigenvalue weighted by atomic mass is 10.3. The predicted molar refractivity (Wildman–Crippen MR) is 51.7 cm³/mol. The summed E-state index contributed by atoms with van der Waals surface area (Å²) in [6, 6.07) is 4.76. The van der Waals surface area contributed by atoms with E-state index >= 15 is 0 Å². The summed E-state index contributed by atoms with van der Waals surface area (Å²) in [7, 11) is 1.33. The number of ether oxygens (including phenoxy) is 1. The van der Waals surface area contributed by atoms with Crippen LogP contribution in [-0.4, -0.2) is 19.1 Å². The van der Waals surface area contributed by atoms with Gasteiger partial charge in [0.1, 0.15) is 17.9 Å².